The summed E-state index contributed by atoms with van der Waals surface area (Å²) in [6.07, 6.45) is 3.25. The van der Waals surface area contributed by atoms with Gasteiger partial charge in [-0.15, -0.1) is 0 Å². The third kappa shape index (κ3) is 5.60. The van der Waals surface area contributed by atoms with Gasteiger partial charge >= 0.3 is 0 Å². The van der Waals surface area contributed by atoms with Gasteiger partial charge in [-0.1, -0.05) is 80.9 Å². The molecule has 0 spiro atoms. The van der Waals surface area contributed by atoms with E-state index in [1.165, 1.54) is 78.6 Å². The SMILES string of the molecule is CCCC1(CC)c2cc(N(c3cccc(C)c3)c3cccc(C)c3)ccc2-c2ccc(N(c3cccc(C)c3)c3cccc(C)c3)cc21. The summed E-state index contributed by atoms with van der Waals surface area (Å²) >= 11 is 0. The van der Waals surface area contributed by atoms with Gasteiger partial charge in [-0.25, -0.2) is 0 Å². The highest BCUT2D eigenvalue weighted by Crippen LogP contribution is 2.56. The van der Waals surface area contributed by atoms with E-state index in [2.05, 4.69) is 185 Å². The van der Waals surface area contributed by atoms with Crippen LogP contribution in [-0.2, 0) is 5.41 Å². The fraction of sp³-hybridized carbons (Fsp3) is 0.217. The number of benzene rings is 6. The number of fused-ring (bicyclic) bond motifs is 3. The second kappa shape index (κ2) is 12.8. The molecular formula is C46H46N2. The van der Waals surface area contributed by atoms with Crippen LogP contribution in [0.4, 0.5) is 34.1 Å². The van der Waals surface area contributed by atoms with Crippen molar-refractivity contribution in [3.63, 3.8) is 0 Å². The molecule has 0 heterocycles. The largest absolute Gasteiger partial charge is 0.310 e. The van der Waals surface area contributed by atoms with Crippen molar-refractivity contribution in [2.24, 2.45) is 0 Å². The Morgan fingerprint density at radius 2 is 0.750 bits per heavy atom. The Hall–Kier alpha value is -5.08. The van der Waals surface area contributed by atoms with Crippen LogP contribution in [0.2, 0.25) is 0 Å². The zero-order valence-corrected chi connectivity index (χ0v) is 29.2. The number of hydrogen-bond acceptors (Lipinski definition) is 2. The normalized spacial score (nSPS) is 12.8. The minimum absolute atomic E-state index is 0.0821. The maximum Gasteiger partial charge on any atom is 0.0465 e. The average Bonchev–Trinajstić information content (AvgIpc) is 3.34. The first kappa shape index (κ1) is 31.5. The van der Waals surface area contributed by atoms with Crippen molar-refractivity contribution < 1.29 is 0 Å². The van der Waals surface area contributed by atoms with E-state index < -0.39 is 0 Å². The smallest absolute Gasteiger partial charge is 0.0465 e. The first-order valence-electron chi connectivity index (χ1n) is 17.5. The molecule has 6 aromatic rings. The minimum Gasteiger partial charge on any atom is -0.310 e. The van der Waals surface area contributed by atoms with E-state index in [-0.39, 0.29) is 5.41 Å². The lowest BCUT2D eigenvalue weighted by molar-refractivity contribution is 0.461. The molecule has 48 heavy (non-hydrogen) atoms. The molecule has 2 nitrogen and oxygen atoms in total. The van der Waals surface area contributed by atoms with Crippen molar-refractivity contribution >= 4 is 34.1 Å². The molecule has 0 atom stereocenters. The van der Waals surface area contributed by atoms with Crippen LogP contribution in [0.3, 0.4) is 0 Å². The van der Waals surface area contributed by atoms with Gasteiger partial charge in [-0.2, -0.15) is 0 Å². The van der Waals surface area contributed by atoms with Gasteiger partial charge in [0.1, 0.15) is 0 Å². The van der Waals surface area contributed by atoms with Gasteiger partial charge in [-0.05, 0) is 158 Å². The van der Waals surface area contributed by atoms with Crippen molar-refractivity contribution in [2.45, 2.75) is 66.2 Å². The number of anilines is 6. The summed E-state index contributed by atoms with van der Waals surface area (Å²) in [4.78, 5) is 4.86. The maximum atomic E-state index is 2.50. The van der Waals surface area contributed by atoms with Crippen LogP contribution in [0.5, 0.6) is 0 Å². The van der Waals surface area contributed by atoms with Crippen LogP contribution in [0.25, 0.3) is 11.1 Å². The molecule has 0 aliphatic heterocycles. The monoisotopic (exact) mass is 626 g/mol. The van der Waals surface area contributed by atoms with Crippen LogP contribution in [0.1, 0.15) is 66.5 Å². The van der Waals surface area contributed by atoms with Gasteiger partial charge in [0.05, 0.1) is 0 Å². The number of rotatable bonds is 9. The molecule has 0 aromatic heterocycles. The molecule has 1 aliphatic rings. The summed E-state index contributed by atoms with van der Waals surface area (Å²) in [5.74, 6) is 0. The lowest BCUT2D eigenvalue weighted by atomic mass is 9.72. The molecule has 1 aliphatic carbocycles. The minimum atomic E-state index is -0.0821. The summed E-state index contributed by atoms with van der Waals surface area (Å²) < 4.78 is 0. The van der Waals surface area contributed by atoms with Crippen molar-refractivity contribution in [1.82, 2.24) is 0 Å². The quantitative estimate of drug-likeness (QED) is 0.158. The summed E-state index contributed by atoms with van der Waals surface area (Å²) in [5.41, 5.74) is 17.7. The Morgan fingerprint density at radius 1 is 0.417 bits per heavy atom. The average molecular weight is 627 g/mol. The molecule has 0 bridgehead atoms. The van der Waals surface area contributed by atoms with E-state index in [9.17, 15) is 0 Å². The first-order valence-corrected chi connectivity index (χ1v) is 17.5. The Balaban J connectivity index is 1.41. The molecule has 0 unspecified atom stereocenters. The van der Waals surface area contributed by atoms with Crippen LogP contribution in [-0.4, -0.2) is 0 Å². The highest BCUT2D eigenvalue weighted by Gasteiger charge is 2.42. The number of aryl methyl sites for hydroxylation is 4. The van der Waals surface area contributed by atoms with Gasteiger partial charge in [0.2, 0.25) is 0 Å². The Kier molecular flexibility index (Phi) is 8.43. The van der Waals surface area contributed by atoms with E-state index in [0.717, 1.165) is 19.3 Å². The van der Waals surface area contributed by atoms with Gasteiger partial charge in [0, 0.05) is 39.5 Å². The van der Waals surface area contributed by atoms with Crippen LogP contribution in [0.15, 0.2) is 133 Å². The second-order valence-electron chi connectivity index (χ2n) is 13.7. The number of hydrogen-bond donors (Lipinski definition) is 0. The van der Waals surface area contributed by atoms with Crippen molar-refractivity contribution in [3.8, 4) is 11.1 Å². The van der Waals surface area contributed by atoms with E-state index >= 15 is 0 Å². The Morgan fingerprint density at radius 3 is 1.04 bits per heavy atom. The molecule has 0 radical (unpaired) electrons. The molecule has 6 aromatic carbocycles. The molecule has 0 amide bonds. The molecule has 0 saturated carbocycles. The van der Waals surface area contributed by atoms with Crippen LogP contribution in [0, 0.1) is 27.7 Å². The predicted octanol–water partition coefficient (Wildman–Crippen LogP) is 13.3. The number of nitrogens with zero attached hydrogens (tertiary/aromatic N) is 2. The molecule has 240 valence electrons. The fourth-order valence-electron chi connectivity index (χ4n) is 7.97. The molecular weight excluding hydrogens is 581 g/mol. The highest BCUT2D eigenvalue weighted by atomic mass is 15.1. The van der Waals surface area contributed by atoms with Gasteiger partial charge in [-0.3, -0.25) is 0 Å². The summed E-state index contributed by atoms with van der Waals surface area (Å²) in [6.45, 7) is 13.4. The van der Waals surface area contributed by atoms with E-state index in [0.29, 0.717) is 0 Å². The fourth-order valence-corrected chi connectivity index (χ4v) is 7.97. The van der Waals surface area contributed by atoms with Crippen LogP contribution < -0.4 is 9.80 Å². The lowest BCUT2D eigenvalue weighted by Gasteiger charge is -2.33. The van der Waals surface area contributed by atoms with Crippen molar-refractivity contribution in [1.29, 1.82) is 0 Å². The van der Waals surface area contributed by atoms with Gasteiger partial charge in [0.25, 0.3) is 0 Å². The van der Waals surface area contributed by atoms with Gasteiger partial charge < -0.3 is 9.80 Å². The zero-order valence-electron chi connectivity index (χ0n) is 29.2. The zero-order chi connectivity index (χ0) is 33.4. The lowest BCUT2D eigenvalue weighted by Crippen LogP contribution is -2.25. The Labute approximate surface area is 287 Å². The summed E-state index contributed by atoms with van der Waals surface area (Å²) in [7, 11) is 0. The molecule has 7 rings (SSSR count). The van der Waals surface area contributed by atoms with Crippen molar-refractivity contribution in [3.05, 3.63) is 167 Å². The molecule has 0 saturated heterocycles. The first-order chi connectivity index (χ1) is 23.3. The molecule has 2 heteroatoms. The van der Waals surface area contributed by atoms with Crippen LogP contribution >= 0.6 is 0 Å². The van der Waals surface area contributed by atoms with E-state index in [1.807, 2.05) is 0 Å². The maximum absolute atomic E-state index is 2.50. The Bertz CT molecular complexity index is 1870. The standard InChI is InChI=1S/C46H46N2/c1-7-25-46(8-2)44-30-40(47(36-17-9-13-32(3)26-36)37-18-10-14-33(4)27-37)21-23-42(44)43-24-22-41(31-45(43)46)48(38-19-11-15-34(5)28-38)39-20-12-16-35(6)29-39/h9-24,26-31H,7-8,25H2,1-6H3. The summed E-state index contributed by atoms with van der Waals surface area (Å²) in [5, 5.41) is 0. The third-order valence-electron chi connectivity index (χ3n) is 10.2. The predicted molar refractivity (Wildman–Crippen MR) is 206 cm³/mol. The van der Waals surface area contributed by atoms with E-state index in [4.69, 9.17) is 0 Å². The second-order valence-corrected chi connectivity index (χ2v) is 13.7. The third-order valence-corrected chi connectivity index (χ3v) is 10.2. The van der Waals surface area contributed by atoms with E-state index in [1.54, 1.807) is 0 Å². The van der Waals surface area contributed by atoms with Gasteiger partial charge in [0.15, 0.2) is 0 Å². The van der Waals surface area contributed by atoms with Crippen molar-refractivity contribution in [2.75, 3.05) is 9.80 Å². The topological polar surface area (TPSA) is 6.48 Å². The summed E-state index contributed by atoms with van der Waals surface area (Å²) in [6, 6.07) is 49.9. The molecule has 0 fully saturated rings. The molecule has 0 N–H and O–H groups in total. The highest BCUT2D eigenvalue weighted by molar-refractivity contribution is 5.88.